The zero-order valence-electron chi connectivity index (χ0n) is 14.6. The van der Waals surface area contributed by atoms with Gasteiger partial charge in [0.25, 0.3) is 20.2 Å². The number of thiophene rings is 2. The molecule has 0 aliphatic heterocycles. The summed E-state index contributed by atoms with van der Waals surface area (Å²) in [6.07, 6.45) is 3.52. The van der Waals surface area contributed by atoms with Crippen molar-refractivity contribution in [3.05, 3.63) is 34.0 Å². The summed E-state index contributed by atoms with van der Waals surface area (Å²) in [6.45, 7) is 0. The second kappa shape index (κ2) is 7.92. The van der Waals surface area contributed by atoms with Crippen molar-refractivity contribution in [3.63, 3.8) is 0 Å². The molecule has 2 aromatic heterocycles. The van der Waals surface area contributed by atoms with E-state index in [0.29, 0.717) is 25.7 Å². The second-order valence-electron chi connectivity index (χ2n) is 6.90. The molecule has 0 fully saturated rings. The molecule has 0 spiro atoms. The van der Waals surface area contributed by atoms with Gasteiger partial charge >= 0.3 is 0 Å². The first-order valence-corrected chi connectivity index (χ1v) is 13.7. The van der Waals surface area contributed by atoms with E-state index in [1.165, 1.54) is 20.9 Å². The maximum atomic E-state index is 11.0. The molecule has 0 saturated heterocycles. The van der Waals surface area contributed by atoms with E-state index >= 15 is 0 Å². The lowest BCUT2D eigenvalue weighted by atomic mass is 9.72. The lowest BCUT2D eigenvalue weighted by Crippen LogP contribution is -2.25. The lowest BCUT2D eigenvalue weighted by Gasteiger charge is -2.31. The van der Waals surface area contributed by atoms with E-state index in [-0.39, 0.29) is 16.9 Å². The third-order valence-electron chi connectivity index (χ3n) is 5.08. The van der Waals surface area contributed by atoms with Gasteiger partial charge in [0.05, 0.1) is 11.5 Å². The molecule has 2 N–H and O–H groups in total. The van der Waals surface area contributed by atoms with Gasteiger partial charge in [0, 0.05) is 15.2 Å². The molecular weight excluding hydrogens is 428 g/mol. The van der Waals surface area contributed by atoms with Gasteiger partial charge in [0.1, 0.15) is 0 Å². The first-order valence-electron chi connectivity index (χ1n) is 8.69. The van der Waals surface area contributed by atoms with Crippen molar-refractivity contribution in [2.75, 3.05) is 11.5 Å². The summed E-state index contributed by atoms with van der Waals surface area (Å²) in [5.41, 5.74) is 2.20. The predicted octanol–water partition coefficient (Wildman–Crippen LogP) is 4.19. The SMILES string of the molecule is O=S(=O)(O)CCCCC1(CCCCS(=O)(=O)O)c2ccsc2-c2sccc21. The zero-order chi connectivity index (χ0) is 19.7. The van der Waals surface area contributed by atoms with Crippen LogP contribution in [0, 0.1) is 0 Å². The normalized spacial score (nSPS) is 15.6. The van der Waals surface area contributed by atoms with Crippen LogP contribution in [0.4, 0.5) is 0 Å². The monoisotopic (exact) mass is 450 g/mol. The molecule has 3 rings (SSSR count). The van der Waals surface area contributed by atoms with Gasteiger partial charge in [0.2, 0.25) is 0 Å². The summed E-state index contributed by atoms with van der Waals surface area (Å²) >= 11 is 3.37. The van der Waals surface area contributed by atoms with E-state index in [2.05, 4.69) is 22.9 Å². The number of fused-ring (bicyclic) bond motifs is 3. The van der Waals surface area contributed by atoms with Crippen LogP contribution in [0.2, 0.25) is 0 Å². The Kier molecular flexibility index (Phi) is 6.14. The maximum absolute atomic E-state index is 11.0. The van der Waals surface area contributed by atoms with Crippen LogP contribution < -0.4 is 0 Å². The summed E-state index contributed by atoms with van der Waals surface area (Å²) in [7, 11) is -7.93. The van der Waals surface area contributed by atoms with E-state index in [0.717, 1.165) is 12.8 Å². The van der Waals surface area contributed by atoms with E-state index < -0.39 is 20.2 Å². The van der Waals surface area contributed by atoms with Crippen LogP contribution in [-0.4, -0.2) is 37.4 Å². The minimum absolute atomic E-state index is 0.251. The van der Waals surface area contributed by atoms with Gasteiger partial charge in [-0.25, -0.2) is 0 Å². The number of rotatable bonds is 10. The zero-order valence-corrected chi connectivity index (χ0v) is 17.9. The lowest BCUT2D eigenvalue weighted by molar-refractivity contribution is 0.410. The van der Waals surface area contributed by atoms with Crippen LogP contribution in [-0.2, 0) is 25.7 Å². The van der Waals surface area contributed by atoms with Crippen LogP contribution >= 0.6 is 22.7 Å². The molecule has 10 heteroatoms. The van der Waals surface area contributed by atoms with Crippen molar-refractivity contribution < 1.29 is 25.9 Å². The number of hydrogen-bond acceptors (Lipinski definition) is 6. The molecule has 150 valence electrons. The van der Waals surface area contributed by atoms with Crippen LogP contribution in [0.3, 0.4) is 0 Å². The van der Waals surface area contributed by atoms with Crippen LogP contribution in [0.5, 0.6) is 0 Å². The summed E-state index contributed by atoms with van der Waals surface area (Å²) in [5.74, 6) is -0.502. The van der Waals surface area contributed by atoms with Crippen molar-refractivity contribution in [1.29, 1.82) is 0 Å². The fraction of sp³-hybridized carbons (Fsp3) is 0.529. The standard InChI is InChI=1S/C17H22O6S4/c18-26(19,20)11-3-1-7-17(8-2-4-12-27(21,22)23)13-5-9-24-15(13)16-14(17)6-10-25-16/h5-6,9-10H,1-4,7-8,11-12H2,(H,18,19,20)(H,21,22,23). The fourth-order valence-corrected chi connectivity index (χ4v) is 7.28. The van der Waals surface area contributed by atoms with Gasteiger partial charge in [-0.1, -0.05) is 12.8 Å². The Bertz CT molecular complexity index is 918. The summed E-state index contributed by atoms with van der Waals surface area (Å²) < 4.78 is 62.0. The molecule has 2 heterocycles. The first-order chi connectivity index (χ1) is 12.6. The number of hydrogen-bond donors (Lipinski definition) is 2. The fourth-order valence-electron chi connectivity index (χ4n) is 3.96. The molecule has 0 aromatic carbocycles. The highest BCUT2D eigenvalue weighted by atomic mass is 32.2. The minimum atomic E-state index is -3.97. The Hall–Kier alpha value is -0.780. The molecule has 27 heavy (non-hydrogen) atoms. The van der Waals surface area contributed by atoms with E-state index in [1.54, 1.807) is 22.7 Å². The average molecular weight is 451 g/mol. The molecule has 2 aromatic rings. The van der Waals surface area contributed by atoms with Crippen molar-refractivity contribution in [2.45, 2.75) is 43.9 Å². The van der Waals surface area contributed by atoms with Gasteiger partial charge < -0.3 is 0 Å². The Balaban J connectivity index is 1.80. The molecule has 1 aliphatic rings. The molecular formula is C17H22O6S4. The topological polar surface area (TPSA) is 109 Å². The summed E-state index contributed by atoms with van der Waals surface area (Å²) in [5, 5.41) is 4.11. The number of unbranched alkanes of at least 4 members (excludes halogenated alkanes) is 2. The van der Waals surface area contributed by atoms with Crippen LogP contribution in [0.25, 0.3) is 9.75 Å². The smallest absolute Gasteiger partial charge is 0.264 e. The van der Waals surface area contributed by atoms with E-state index in [1.807, 2.05) is 0 Å². The Morgan fingerprint density at radius 3 is 1.52 bits per heavy atom. The largest absolute Gasteiger partial charge is 0.286 e. The first kappa shape index (κ1) is 20.9. The second-order valence-corrected chi connectivity index (χ2v) is 11.9. The summed E-state index contributed by atoms with van der Waals surface area (Å²) in [6, 6.07) is 4.22. The van der Waals surface area contributed by atoms with Crippen LogP contribution in [0.1, 0.15) is 49.7 Å². The molecule has 6 nitrogen and oxygen atoms in total. The Morgan fingerprint density at radius 2 is 1.15 bits per heavy atom. The van der Waals surface area contributed by atoms with Gasteiger partial charge in [-0.2, -0.15) is 16.8 Å². The Labute approximate surface area is 167 Å². The minimum Gasteiger partial charge on any atom is -0.286 e. The molecule has 1 aliphatic carbocycles. The molecule has 0 amide bonds. The quantitative estimate of drug-likeness (QED) is 0.415. The third kappa shape index (κ3) is 4.80. The molecule has 0 radical (unpaired) electrons. The van der Waals surface area contributed by atoms with Gasteiger partial charge in [-0.15, -0.1) is 22.7 Å². The van der Waals surface area contributed by atoms with E-state index in [9.17, 15) is 16.8 Å². The highest BCUT2D eigenvalue weighted by Gasteiger charge is 2.43. The molecule has 0 atom stereocenters. The molecule has 0 bridgehead atoms. The van der Waals surface area contributed by atoms with Crippen molar-refractivity contribution >= 4 is 42.9 Å². The van der Waals surface area contributed by atoms with Gasteiger partial charge in [-0.05, 0) is 59.7 Å². The molecule has 0 unspecified atom stereocenters. The van der Waals surface area contributed by atoms with Gasteiger partial charge in [0.15, 0.2) is 0 Å². The molecule has 0 saturated carbocycles. The highest BCUT2D eigenvalue weighted by Crippen LogP contribution is 2.57. The van der Waals surface area contributed by atoms with Crippen molar-refractivity contribution in [2.24, 2.45) is 0 Å². The Morgan fingerprint density at radius 1 is 0.741 bits per heavy atom. The third-order valence-corrected chi connectivity index (χ3v) is 8.68. The van der Waals surface area contributed by atoms with Crippen molar-refractivity contribution in [3.8, 4) is 9.75 Å². The van der Waals surface area contributed by atoms with Gasteiger partial charge in [-0.3, -0.25) is 9.11 Å². The average Bonchev–Trinajstić information content (AvgIpc) is 3.23. The predicted molar refractivity (Wildman–Crippen MR) is 109 cm³/mol. The van der Waals surface area contributed by atoms with Crippen molar-refractivity contribution in [1.82, 2.24) is 0 Å². The maximum Gasteiger partial charge on any atom is 0.264 e. The summed E-state index contributed by atoms with van der Waals surface area (Å²) in [4.78, 5) is 2.48. The highest BCUT2D eigenvalue weighted by molar-refractivity contribution is 7.86. The van der Waals surface area contributed by atoms with Crippen LogP contribution in [0.15, 0.2) is 22.9 Å². The van der Waals surface area contributed by atoms with E-state index in [4.69, 9.17) is 9.11 Å².